The van der Waals surface area contributed by atoms with Gasteiger partial charge < -0.3 is 0 Å². The molecule has 2 aromatic rings. The van der Waals surface area contributed by atoms with Gasteiger partial charge in [0.25, 0.3) is 0 Å². The normalized spacial score (nSPS) is 11.8. The molecule has 0 heterocycles. The molecule has 6 heteroatoms. The molecule has 0 nitrogen and oxygen atoms in total. The molecule has 0 fully saturated rings. The minimum absolute atomic E-state index is 0.0270. The van der Waals surface area contributed by atoms with Crippen molar-refractivity contribution in [3.05, 3.63) is 69.8 Å². The van der Waals surface area contributed by atoms with Crippen LogP contribution < -0.4 is 0 Å². The van der Waals surface area contributed by atoms with E-state index in [4.69, 9.17) is 0 Å². The fourth-order valence-electron chi connectivity index (χ4n) is 2.73. The predicted octanol–water partition coefficient (Wildman–Crippen LogP) is 7.41. The van der Waals surface area contributed by atoms with E-state index in [1.807, 2.05) is 13.8 Å². The van der Waals surface area contributed by atoms with Gasteiger partial charge >= 0.3 is 12.4 Å². The van der Waals surface area contributed by atoms with Gasteiger partial charge in [0.1, 0.15) is 0 Å². The number of halogens is 6. The Hall–Kier alpha value is -1.98. The molecule has 0 aliphatic heterocycles. The van der Waals surface area contributed by atoms with Gasteiger partial charge in [-0.1, -0.05) is 45.0 Å². The maximum atomic E-state index is 13.2. The Labute approximate surface area is 156 Å². The van der Waals surface area contributed by atoms with Gasteiger partial charge in [0.15, 0.2) is 0 Å². The summed E-state index contributed by atoms with van der Waals surface area (Å²) in [7, 11) is 0. The van der Waals surface area contributed by atoms with Crippen molar-refractivity contribution in [1.82, 2.24) is 0 Å². The quantitative estimate of drug-likeness (QED) is 0.477. The lowest BCUT2D eigenvalue weighted by Crippen LogP contribution is -2.11. The fraction of sp³-hybridized carbons (Fsp3) is 0.429. The number of aryl methyl sites for hydroxylation is 4. The van der Waals surface area contributed by atoms with Crippen LogP contribution in [0.4, 0.5) is 26.3 Å². The molecule has 27 heavy (non-hydrogen) atoms. The first-order valence-electron chi connectivity index (χ1n) is 8.88. The van der Waals surface area contributed by atoms with Crippen molar-refractivity contribution >= 4 is 0 Å². The SMILES string of the molecule is CC.CCc1ccc(CCc2ccc(C)c(C(F)(F)F)c2)c(C(F)(F)F)c1. The molecule has 0 unspecified atom stereocenters. The van der Waals surface area contributed by atoms with Crippen LogP contribution in [0.5, 0.6) is 0 Å². The van der Waals surface area contributed by atoms with E-state index in [1.54, 1.807) is 13.0 Å². The third kappa shape index (κ3) is 6.29. The number of benzene rings is 2. The summed E-state index contributed by atoms with van der Waals surface area (Å²) in [5, 5.41) is 0. The second-order valence-corrected chi connectivity index (χ2v) is 5.99. The molecule has 0 spiro atoms. The van der Waals surface area contributed by atoms with Crippen molar-refractivity contribution in [2.24, 2.45) is 0 Å². The lowest BCUT2D eigenvalue weighted by molar-refractivity contribution is -0.138. The zero-order chi connectivity index (χ0) is 20.8. The van der Waals surface area contributed by atoms with E-state index >= 15 is 0 Å². The van der Waals surface area contributed by atoms with Crippen molar-refractivity contribution in [1.29, 1.82) is 0 Å². The van der Waals surface area contributed by atoms with E-state index in [9.17, 15) is 26.3 Å². The Bertz CT molecular complexity index is 741. The molecule has 0 amide bonds. The van der Waals surface area contributed by atoms with Gasteiger partial charge in [-0.2, -0.15) is 26.3 Å². The second kappa shape index (κ2) is 9.29. The van der Waals surface area contributed by atoms with Gasteiger partial charge in [0, 0.05) is 0 Å². The van der Waals surface area contributed by atoms with Crippen molar-refractivity contribution in [3.8, 4) is 0 Å². The van der Waals surface area contributed by atoms with Crippen LogP contribution in [-0.4, -0.2) is 0 Å². The highest BCUT2D eigenvalue weighted by atomic mass is 19.4. The van der Waals surface area contributed by atoms with Crippen molar-refractivity contribution in [2.75, 3.05) is 0 Å². The van der Waals surface area contributed by atoms with Gasteiger partial charge in [0.2, 0.25) is 0 Å². The molecule has 0 N–H and O–H groups in total. The largest absolute Gasteiger partial charge is 0.416 e. The number of alkyl halides is 6. The van der Waals surface area contributed by atoms with Gasteiger partial charge in [-0.3, -0.25) is 0 Å². The Morgan fingerprint density at radius 3 is 1.74 bits per heavy atom. The number of hydrogen-bond acceptors (Lipinski definition) is 0. The summed E-state index contributed by atoms with van der Waals surface area (Å²) in [6.45, 7) is 7.12. The standard InChI is InChI=1S/C19H18F6.C2H6/c1-3-13-6-8-15(17(10-13)19(23,24)25)9-7-14-5-4-12(2)16(11-14)18(20,21)22;1-2/h4-6,8,10-11H,3,7,9H2,1-2H3;1-2H3. The Morgan fingerprint density at radius 1 is 0.704 bits per heavy atom. The Balaban J connectivity index is 0.00000176. The lowest BCUT2D eigenvalue weighted by Gasteiger charge is -2.15. The molecule has 0 aromatic heterocycles. The Morgan fingerprint density at radius 2 is 1.22 bits per heavy atom. The maximum absolute atomic E-state index is 13.2. The summed E-state index contributed by atoms with van der Waals surface area (Å²) in [5.41, 5.74) is -0.327. The Kier molecular flexibility index (Phi) is 7.93. The molecule has 2 rings (SSSR count). The van der Waals surface area contributed by atoms with Crippen LogP contribution in [0, 0.1) is 6.92 Å². The van der Waals surface area contributed by atoms with Crippen LogP contribution in [0.3, 0.4) is 0 Å². The maximum Gasteiger partial charge on any atom is 0.416 e. The highest BCUT2D eigenvalue weighted by Gasteiger charge is 2.34. The average Bonchev–Trinajstić information content (AvgIpc) is 2.61. The van der Waals surface area contributed by atoms with E-state index in [1.165, 1.54) is 25.1 Å². The molecule has 0 aliphatic carbocycles. The van der Waals surface area contributed by atoms with Crippen LogP contribution >= 0.6 is 0 Å². The fourth-order valence-corrected chi connectivity index (χ4v) is 2.73. The molecule has 0 radical (unpaired) electrons. The monoisotopic (exact) mass is 390 g/mol. The molecule has 0 saturated carbocycles. The second-order valence-electron chi connectivity index (χ2n) is 5.99. The van der Waals surface area contributed by atoms with Crippen LogP contribution in [0.15, 0.2) is 36.4 Å². The molecule has 0 saturated heterocycles. The van der Waals surface area contributed by atoms with Crippen LogP contribution in [0.2, 0.25) is 0 Å². The first-order valence-corrected chi connectivity index (χ1v) is 8.88. The topological polar surface area (TPSA) is 0 Å². The van der Waals surface area contributed by atoms with Crippen molar-refractivity contribution < 1.29 is 26.3 Å². The van der Waals surface area contributed by atoms with Crippen molar-refractivity contribution in [3.63, 3.8) is 0 Å². The van der Waals surface area contributed by atoms with Crippen LogP contribution in [0.1, 0.15) is 54.2 Å². The summed E-state index contributed by atoms with van der Waals surface area (Å²) in [5.74, 6) is 0. The minimum atomic E-state index is -4.48. The van der Waals surface area contributed by atoms with Gasteiger partial charge in [-0.15, -0.1) is 0 Å². The third-order valence-electron chi connectivity index (χ3n) is 4.18. The molecule has 0 atom stereocenters. The van der Waals surface area contributed by atoms with E-state index in [0.29, 0.717) is 17.5 Å². The first-order chi connectivity index (χ1) is 12.5. The van der Waals surface area contributed by atoms with E-state index < -0.39 is 23.5 Å². The molecular formula is C21H24F6. The molecular weight excluding hydrogens is 366 g/mol. The summed E-state index contributed by atoms with van der Waals surface area (Å²) in [4.78, 5) is 0. The zero-order valence-corrected chi connectivity index (χ0v) is 15.9. The lowest BCUT2D eigenvalue weighted by atomic mass is 9.95. The zero-order valence-electron chi connectivity index (χ0n) is 15.9. The first kappa shape index (κ1) is 23.1. The molecule has 2 aromatic carbocycles. The predicted molar refractivity (Wildman–Crippen MR) is 95.8 cm³/mol. The van der Waals surface area contributed by atoms with Gasteiger partial charge in [-0.05, 0) is 60.6 Å². The minimum Gasteiger partial charge on any atom is -0.166 e. The van der Waals surface area contributed by atoms with E-state index in [2.05, 4.69) is 0 Å². The van der Waals surface area contributed by atoms with Crippen molar-refractivity contribution in [2.45, 2.75) is 59.3 Å². The van der Waals surface area contributed by atoms with E-state index in [-0.39, 0.29) is 24.0 Å². The summed E-state index contributed by atoms with van der Waals surface area (Å²) in [6, 6.07) is 8.05. The highest BCUT2D eigenvalue weighted by Crippen LogP contribution is 2.35. The summed E-state index contributed by atoms with van der Waals surface area (Å²) in [6.07, 6.45) is -8.34. The number of rotatable bonds is 4. The molecule has 0 aliphatic rings. The van der Waals surface area contributed by atoms with Crippen LogP contribution in [0.25, 0.3) is 0 Å². The average molecular weight is 390 g/mol. The van der Waals surface area contributed by atoms with Gasteiger partial charge in [-0.25, -0.2) is 0 Å². The molecule has 150 valence electrons. The summed E-state index contributed by atoms with van der Waals surface area (Å²) >= 11 is 0. The highest BCUT2D eigenvalue weighted by molar-refractivity contribution is 5.37. The smallest absolute Gasteiger partial charge is 0.166 e. The third-order valence-corrected chi connectivity index (χ3v) is 4.18. The van der Waals surface area contributed by atoms with Gasteiger partial charge in [0.05, 0.1) is 11.1 Å². The van der Waals surface area contributed by atoms with Crippen LogP contribution in [-0.2, 0) is 31.6 Å². The number of hydrogen-bond donors (Lipinski definition) is 0. The van der Waals surface area contributed by atoms with E-state index in [0.717, 1.165) is 12.1 Å². The summed E-state index contributed by atoms with van der Waals surface area (Å²) < 4.78 is 78.5. The molecule has 0 bridgehead atoms.